The number of benzene rings is 5. The Balaban J connectivity index is 1.35. The summed E-state index contributed by atoms with van der Waals surface area (Å²) in [6.07, 6.45) is 1.07. The quantitative estimate of drug-likeness (QED) is 0.0241. The molecule has 0 saturated carbocycles. The average Bonchev–Trinajstić information content (AvgIpc) is 3.17. The molecule has 0 fully saturated rings. The number of hydrogen-bond acceptors (Lipinski definition) is 9. The van der Waals surface area contributed by atoms with Crippen LogP contribution < -0.4 is 25.8 Å². The first-order chi connectivity index (χ1) is 24.8. The van der Waals surface area contributed by atoms with E-state index >= 15 is 0 Å². The number of ether oxygens (including phenoxy) is 3. The molecule has 0 unspecified atom stereocenters. The van der Waals surface area contributed by atoms with Crippen LogP contribution in [0, 0.1) is 10.1 Å². The highest BCUT2D eigenvalue weighted by molar-refractivity contribution is 5.95. The van der Waals surface area contributed by atoms with Crippen molar-refractivity contribution in [1.82, 2.24) is 5.32 Å². The third kappa shape index (κ3) is 9.35. The van der Waals surface area contributed by atoms with Gasteiger partial charge in [-0.2, -0.15) is 0 Å². The van der Waals surface area contributed by atoms with E-state index in [9.17, 15) is 19.7 Å². The maximum absolute atomic E-state index is 14.2. The van der Waals surface area contributed by atoms with Crippen LogP contribution in [0.25, 0.3) is 0 Å². The number of nitrogens with two attached hydrogens (primary N) is 1. The summed E-state index contributed by atoms with van der Waals surface area (Å²) in [7, 11) is 1.63. The van der Waals surface area contributed by atoms with E-state index in [1.54, 1.807) is 31.4 Å². The number of nitro groups is 1. The van der Waals surface area contributed by atoms with Crippen molar-refractivity contribution in [2.24, 2.45) is 5.73 Å². The summed E-state index contributed by atoms with van der Waals surface area (Å²) in [5, 5.41) is 17.7. The number of non-ortho nitro benzene ring substituents is 1. The number of nitro benzene ring substituents is 1. The molecule has 0 bridgehead atoms. The number of carbonyl (C=O) groups is 2. The van der Waals surface area contributed by atoms with Crippen molar-refractivity contribution in [1.29, 1.82) is 0 Å². The Bertz CT molecular complexity index is 1830. The smallest absolute Gasteiger partial charge is 0.497 e. The van der Waals surface area contributed by atoms with Gasteiger partial charge in [0, 0.05) is 17.8 Å². The van der Waals surface area contributed by atoms with E-state index < -0.39 is 22.7 Å². The number of unbranched alkanes of at least 4 members (excludes halogenated alkanes) is 1. The van der Waals surface area contributed by atoms with Crippen molar-refractivity contribution in [3.8, 4) is 11.5 Å². The molecule has 0 saturated heterocycles. The van der Waals surface area contributed by atoms with Gasteiger partial charge in [-0.1, -0.05) is 91.3 Å². The van der Waals surface area contributed by atoms with Crippen LogP contribution in [-0.4, -0.2) is 36.7 Å². The third-order valence-electron chi connectivity index (χ3n) is 8.42. The Labute approximate surface area is 296 Å². The van der Waals surface area contributed by atoms with E-state index in [1.807, 2.05) is 60.7 Å². The molecule has 1 atom stereocenters. The summed E-state index contributed by atoms with van der Waals surface area (Å²) in [6, 6.07) is 39.4. The maximum Gasteiger partial charge on any atom is 0.514 e. The second kappa shape index (κ2) is 17.6. The fourth-order valence-corrected chi connectivity index (χ4v) is 5.81. The molecule has 0 heterocycles. The molecule has 0 aliphatic carbocycles. The summed E-state index contributed by atoms with van der Waals surface area (Å²) in [4.78, 5) is 36.7. The highest BCUT2D eigenvalue weighted by Crippen LogP contribution is 2.38. The number of rotatable bonds is 16. The van der Waals surface area contributed by atoms with E-state index in [-0.39, 0.29) is 24.0 Å². The van der Waals surface area contributed by atoms with Gasteiger partial charge in [-0.15, -0.1) is 0 Å². The Kier molecular flexibility index (Phi) is 12.5. The van der Waals surface area contributed by atoms with E-state index in [2.05, 4.69) is 34.9 Å². The molecule has 5 aromatic carbocycles. The molecule has 11 heteroatoms. The third-order valence-corrected chi connectivity index (χ3v) is 8.42. The summed E-state index contributed by atoms with van der Waals surface area (Å²) < 4.78 is 15.8. The number of nitrogens with one attached hydrogen (secondary N) is 2. The zero-order valence-electron chi connectivity index (χ0n) is 28.2. The van der Waals surface area contributed by atoms with Crippen LogP contribution >= 0.6 is 0 Å². The summed E-state index contributed by atoms with van der Waals surface area (Å²) >= 11 is 0. The molecule has 51 heavy (non-hydrogen) atoms. The molecular formula is C40H40N4O7. The lowest BCUT2D eigenvalue weighted by molar-refractivity contribution is -0.384. The topological polar surface area (TPSA) is 155 Å². The Hall–Kier alpha value is -6.04. The number of carbonyl (C=O) groups excluding carboxylic acids is 2. The molecule has 11 nitrogen and oxygen atoms in total. The van der Waals surface area contributed by atoms with Crippen molar-refractivity contribution in [3.05, 3.63) is 166 Å². The molecule has 0 radical (unpaired) electrons. The van der Waals surface area contributed by atoms with Gasteiger partial charge in [-0.3, -0.25) is 20.2 Å². The molecule has 1 amide bonds. The first kappa shape index (κ1) is 36.2. The van der Waals surface area contributed by atoms with Crippen LogP contribution in [0.3, 0.4) is 0 Å². The van der Waals surface area contributed by atoms with Gasteiger partial charge in [-0.05, 0) is 78.0 Å². The fraction of sp³-hybridized carbons (Fsp3) is 0.200. The van der Waals surface area contributed by atoms with E-state index in [0.29, 0.717) is 24.2 Å². The second-order valence-electron chi connectivity index (χ2n) is 11.8. The molecule has 4 N–H and O–H groups in total. The van der Waals surface area contributed by atoms with Crippen molar-refractivity contribution < 1.29 is 28.7 Å². The van der Waals surface area contributed by atoms with Gasteiger partial charge in [0.15, 0.2) is 0 Å². The lowest BCUT2D eigenvalue weighted by Crippen LogP contribution is -2.53. The summed E-state index contributed by atoms with van der Waals surface area (Å²) in [5.74, 6) is 0.627. The van der Waals surface area contributed by atoms with E-state index in [0.717, 1.165) is 35.3 Å². The van der Waals surface area contributed by atoms with Gasteiger partial charge in [0.25, 0.3) is 5.69 Å². The van der Waals surface area contributed by atoms with Gasteiger partial charge in [-0.25, -0.2) is 4.79 Å². The van der Waals surface area contributed by atoms with Crippen LogP contribution in [0.2, 0.25) is 0 Å². The molecule has 5 rings (SSSR count). The van der Waals surface area contributed by atoms with Gasteiger partial charge in [0.05, 0.1) is 23.6 Å². The highest BCUT2D eigenvalue weighted by Gasteiger charge is 2.39. The van der Waals surface area contributed by atoms with Crippen LogP contribution in [0.4, 0.5) is 16.2 Å². The normalized spacial score (nSPS) is 11.6. The van der Waals surface area contributed by atoms with Gasteiger partial charge >= 0.3 is 6.16 Å². The van der Waals surface area contributed by atoms with Crippen molar-refractivity contribution >= 4 is 23.4 Å². The predicted molar refractivity (Wildman–Crippen MR) is 195 cm³/mol. The average molecular weight is 689 g/mol. The first-order valence-electron chi connectivity index (χ1n) is 16.5. The maximum atomic E-state index is 14.2. The molecular weight excluding hydrogens is 648 g/mol. The highest BCUT2D eigenvalue weighted by atomic mass is 16.7. The summed E-state index contributed by atoms with van der Waals surface area (Å²) in [6.45, 7) is 0.433. The minimum Gasteiger partial charge on any atom is -0.497 e. The Morgan fingerprint density at radius 1 is 0.765 bits per heavy atom. The van der Waals surface area contributed by atoms with Gasteiger partial charge in [0.2, 0.25) is 5.91 Å². The van der Waals surface area contributed by atoms with Crippen LogP contribution in [-0.2, 0) is 21.7 Å². The predicted octanol–water partition coefficient (Wildman–Crippen LogP) is 7.34. The minimum atomic E-state index is -0.954. The molecule has 262 valence electrons. The van der Waals surface area contributed by atoms with Crippen molar-refractivity contribution in [2.75, 3.05) is 19.0 Å². The fourth-order valence-electron chi connectivity index (χ4n) is 5.81. The first-order valence-corrected chi connectivity index (χ1v) is 16.5. The van der Waals surface area contributed by atoms with Crippen LogP contribution in [0.5, 0.6) is 11.5 Å². The van der Waals surface area contributed by atoms with Crippen molar-refractivity contribution in [2.45, 2.75) is 37.5 Å². The zero-order chi connectivity index (χ0) is 36.1. The van der Waals surface area contributed by atoms with Gasteiger partial charge < -0.3 is 25.3 Å². The monoisotopic (exact) mass is 688 g/mol. The zero-order valence-corrected chi connectivity index (χ0v) is 28.2. The number of amides is 1. The number of anilines is 1. The minimum absolute atomic E-state index is 0.0815. The number of hydrogen-bond donors (Lipinski definition) is 3. The van der Waals surface area contributed by atoms with E-state index in [1.165, 1.54) is 24.3 Å². The lowest BCUT2D eigenvalue weighted by Gasteiger charge is -2.40. The molecule has 0 aliphatic rings. The Morgan fingerprint density at radius 2 is 1.33 bits per heavy atom. The summed E-state index contributed by atoms with van der Waals surface area (Å²) in [5.41, 5.74) is 8.94. The van der Waals surface area contributed by atoms with Gasteiger partial charge in [0.1, 0.15) is 18.1 Å². The SMILES string of the molecule is COc1ccc(C(N[C@@H](CCCCN)C(=O)Nc2ccc(COC(=O)Oc3ccc([N+](=O)[O-])cc3)cc2)(c2ccccc2)c2ccccc2)cc1. The molecule has 0 spiro atoms. The van der Waals surface area contributed by atoms with Crippen molar-refractivity contribution in [3.63, 3.8) is 0 Å². The Morgan fingerprint density at radius 3 is 1.88 bits per heavy atom. The van der Waals surface area contributed by atoms with Crippen LogP contribution in [0.1, 0.15) is 41.5 Å². The van der Waals surface area contributed by atoms with E-state index in [4.69, 9.17) is 19.9 Å². The van der Waals surface area contributed by atoms with Crippen LogP contribution in [0.15, 0.2) is 133 Å². The number of methoxy groups -OCH3 is 1. The standard InChI is InChI=1S/C40H40N4O7/c1-49-35-23-17-32(18-24-35)40(30-10-4-2-5-11-30,31-12-6-3-7-13-31)43-37(14-8-9-27-41)38(45)42-33-19-15-29(16-20-33)28-50-39(46)51-36-25-21-34(22-26-36)44(47)48/h2-7,10-13,15-26,37,43H,8-9,14,27-28,41H2,1H3,(H,42,45)/t37-/m0/s1. The largest absolute Gasteiger partial charge is 0.514 e. The molecule has 0 aromatic heterocycles. The lowest BCUT2D eigenvalue weighted by atomic mass is 9.76. The molecule has 5 aromatic rings. The number of nitrogens with zero attached hydrogens (tertiary/aromatic N) is 1. The second-order valence-corrected chi connectivity index (χ2v) is 11.8. The molecule has 0 aliphatic heterocycles.